The van der Waals surface area contributed by atoms with Crippen LogP contribution in [0.4, 0.5) is 13.2 Å². The van der Waals surface area contributed by atoms with Gasteiger partial charge in [-0.1, -0.05) is 39.0 Å². The van der Waals surface area contributed by atoms with E-state index in [0.717, 1.165) is 31.7 Å². The van der Waals surface area contributed by atoms with Crippen molar-refractivity contribution in [3.05, 3.63) is 0 Å². The Hall–Kier alpha value is -0.250. The molecule has 3 unspecified atom stereocenters. The summed E-state index contributed by atoms with van der Waals surface area (Å²) in [5, 5.41) is 3.48. The molecule has 3 atom stereocenters. The van der Waals surface area contributed by atoms with E-state index < -0.39 is 12.1 Å². The van der Waals surface area contributed by atoms with Crippen molar-refractivity contribution >= 4 is 0 Å². The van der Waals surface area contributed by atoms with Crippen LogP contribution in [0.15, 0.2) is 0 Å². The lowest BCUT2D eigenvalue weighted by Crippen LogP contribution is -2.41. The highest BCUT2D eigenvalue weighted by Crippen LogP contribution is 2.42. The summed E-state index contributed by atoms with van der Waals surface area (Å²) >= 11 is 0. The molecule has 0 saturated heterocycles. The molecule has 2 rings (SSSR count). The minimum Gasteiger partial charge on any atom is -0.314 e. The Bertz CT molecular complexity index is 284. The van der Waals surface area contributed by atoms with E-state index in [0.29, 0.717) is 18.9 Å². The molecule has 0 radical (unpaired) electrons. The van der Waals surface area contributed by atoms with Crippen LogP contribution in [0.1, 0.15) is 64.7 Å². The zero-order valence-electron chi connectivity index (χ0n) is 12.5. The molecular formula is C16H28F3N. The van der Waals surface area contributed by atoms with Crippen molar-refractivity contribution in [2.24, 2.45) is 17.8 Å². The average molecular weight is 291 g/mol. The van der Waals surface area contributed by atoms with Gasteiger partial charge in [-0.3, -0.25) is 0 Å². The molecular weight excluding hydrogens is 263 g/mol. The Morgan fingerprint density at radius 1 is 1.05 bits per heavy atom. The van der Waals surface area contributed by atoms with Crippen LogP contribution in [-0.4, -0.2) is 18.8 Å². The molecule has 0 heterocycles. The van der Waals surface area contributed by atoms with Crippen LogP contribution in [-0.2, 0) is 0 Å². The largest absolute Gasteiger partial charge is 0.391 e. The van der Waals surface area contributed by atoms with Gasteiger partial charge < -0.3 is 5.32 Å². The van der Waals surface area contributed by atoms with Crippen molar-refractivity contribution in [1.82, 2.24) is 5.32 Å². The fourth-order valence-corrected chi connectivity index (χ4v) is 4.20. The molecule has 1 N–H and O–H groups in total. The molecule has 0 spiro atoms. The monoisotopic (exact) mass is 291 g/mol. The first-order chi connectivity index (χ1) is 9.50. The van der Waals surface area contributed by atoms with Gasteiger partial charge in [0.15, 0.2) is 0 Å². The SMILES string of the molecule is CCNC(CC1CCCC1)C1CCCC(C(F)(F)F)C1. The van der Waals surface area contributed by atoms with Crippen molar-refractivity contribution in [2.45, 2.75) is 76.9 Å². The van der Waals surface area contributed by atoms with Gasteiger partial charge in [-0.2, -0.15) is 13.2 Å². The highest BCUT2D eigenvalue weighted by Gasteiger charge is 2.43. The standard InChI is InChI=1S/C16H28F3N/c1-2-20-15(10-12-6-3-4-7-12)13-8-5-9-14(11-13)16(17,18)19/h12-15,20H,2-11H2,1H3. The molecule has 20 heavy (non-hydrogen) atoms. The maximum atomic E-state index is 12.9. The van der Waals surface area contributed by atoms with Crippen LogP contribution in [0, 0.1) is 17.8 Å². The molecule has 2 saturated carbocycles. The molecule has 2 aliphatic rings. The van der Waals surface area contributed by atoms with E-state index in [1.54, 1.807) is 0 Å². The molecule has 0 aromatic heterocycles. The third kappa shape index (κ3) is 4.37. The van der Waals surface area contributed by atoms with E-state index >= 15 is 0 Å². The number of hydrogen-bond acceptors (Lipinski definition) is 1. The van der Waals surface area contributed by atoms with E-state index in [2.05, 4.69) is 12.2 Å². The second kappa shape index (κ2) is 7.15. The summed E-state index contributed by atoms with van der Waals surface area (Å²) in [6.45, 7) is 2.93. The average Bonchev–Trinajstić information content (AvgIpc) is 2.90. The van der Waals surface area contributed by atoms with Gasteiger partial charge in [0.25, 0.3) is 0 Å². The highest BCUT2D eigenvalue weighted by atomic mass is 19.4. The van der Waals surface area contributed by atoms with Gasteiger partial charge in [-0.15, -0.1) is 0 Å². The number of alkyl halides is 3. The zero-order valence-corrected chi connectivity index (χ0v) is 12.5. The van der Waals surface area contributed by atoms with Gasteiger partial charge in [0, 0.05) is 6.04 Å². The van der Waals surface area contributed by atoms with Gasteiger partial charge >= 0.3 is 6.18 Å². The van der Waals surface area contributed by atoms with Gasteiger partial charge in [0.2, 0.25) is 0 Å². The van der Waals surface area contributed by atoms with E-state index in [4.69, 9.17) is 0 Å². The molecule has 0 aliphatic heterocycles. The van der Waals surface area contributed by atoms with Gasteiger partial charge in [-0.05, 0) is 44.1 Å². The Morgan fingerprint density at radius 3 is 2.35 bits per heavy atom. The molecule has 4 heteroatoms. The van der Waals surface area contributed by atoms with Crippen LogP contribution in [0.2, 0.25) is 0 Å². The zero-order chi connectivity index (χ0) is 14.6. The maximum Gasteiger partial charge on any atom is 0.391 e. The first-order valence-corrected chi connectivity index (χ1v) is 8.30. The van der Waals surface area contributed by atoms with E-state index in [9.17, 15) is 13.2 Å². The van der Waals surface area contributed by atoms with E-state index in [1.807, 2.05) is 0 Å². The number of nitrogens with one attached hydrogen (secondary N) is 1. The summed E-state index contributed by atoms with van der Waals surface area (Å²) < 4.78 is 38.8. The number of rotatable bonds is 5. The van der Waals surface area contributed by atoms with Crippen molar-refractivity contribution in [2.75, 3.05) is 6.54 Å². The van der Waals surface area contributed by atoms with Gasteiger partial charge in [0.05, 0.1) is 5.92 Å². The van der Waals surface area contributed by atoms with Crippen molar-refractivity contribution in [3.8, 4) is 0 Å². The maximum absolute atomic E-state index is 12.9. The smallest absolute Gasteiger partial charge is 0.314 e. The van der Waals surface area contributed by atoms with Crippen LogP contribution in [0.5, 0.6) is 0 Å². The third-order valence-electron chi connectivity index (χ3n) is 5.28. The normalized spacial score (nSPS) is 30.6. The second-order valence-corrected chi connectivity index (χ2v) is 6.72. The quantitative estimate of drug-likeness (QED) is 0.758. The Kier molecular flexibility index (Phi) is 5.76. The van der Waals surface area contributed by atoms with Crippen molar-refractivity contribution < 1.29 is 13.2 Å². The predicted molar refractivity (Wildman–Crippen MR) is 75.5 cm³/mol. The van der Waals surface area contributed by atoms with Crippen LogP contribution in [0.3, 0.4) is 0 Å². The Balaban J connectivity index is 1.93. The summed E-state index contributed by atoms with van der Waals surface area (Å²) in [5.74, 6) is -0.104. The first-order valence-electron chi connectivity index (χ1n) is 8.30. The lowest BCUT2D eigenvalue weighted by molar-refractivity contribution is -0.186. The van der Waals surface area contributed by atoms with Crippen molar-refractivity contribution in [1.29, 1.82) is 0 Å². The fraction of sp³-hybridized carbons (Fsp3) is 1.00. The Labute approximate surface area is 120 Å². The van der Waals surface area contributed by atoms with E-state index in [1.165, 1.54) is 25.7 Å². The molecule has 0 aromatic carbocycles. The highest BCUT2D eigenvalue weighted by molar-refractivity contribution is 4.87. The molecule has 0 bridgehead atoms. The van der Waals surface area contributed by atoms with Gasteiger partial charge in [-0.25, -0.2) is 0 Å². The van der Waals surface area contributed by atoms with Crippen LogP contribution in [0.25, 0.3) is 0 Å². The first kappa shape index (κ1) is 16.1. The van der Waals surface area contributed by atoms with Gasteiger partial charge in [0.1, 0.15) is 0 Å². The summed E-state index contributed by atoms with van der Waals surface area (Å²) in [6, 6.07) is 0.299. The van der Waals surface area contributed by atoms with Crippen LogP contribution < -0.4 is 5.32 Å². The summed E-state index contributed by atoms with van der Waals surface area (Å²) in [4.78, 5) is 0. The summed E-state index contributed by atoms with van der Waals surface area (Å²) in [7, 11) is 0. The molecule has 2 aliphatic carbocycles. The Morgan fingerprint density at radius 2 is 1.75 bits per heavy atom. The lowest BCUT2D eigenvalue weighted by Gasteiger charge is -2.36. The lowest BCUT2D eigenvalue weighted by atomic mass is 9.75. The summed E-state index contributed by atoms with van der Waals surface area (Å²) in [5.41, 5.74) is 0. The summed E-state index contributed by atoms with van der Waals surface area (Å²) in [6.07, 6.45) is 4.63. The minimum absolute atomic E-state index is 0.218. The third-order valence-corrected chi connectivity index (χ3v) is 5.28. The van der Waals surface area contributed by atoms with Crippen molar-refractivity contribution in [3.63, 3.8) is 0 Å². The molecule has 118 valence electrons. The second-order valence-electron chi connectivity index (χ2n) is 6.72. The molecule has 1 nitrogen and oxygen atoms in total. The van der Waals surface area contributed by atoms with E-state index in [-0.39, 0.29) is 5.92 Å². The number of halogens is 3. The molecule has 0 aromatic rings. The number of hydrogen-bond donors (Lipinski definition) is 1. The molecule has 0 amide bonds. The predicted octanol–water partition coefficient (Wildman–Crippen LogP) is 4.91. The topological polar surface area (TPSA) is 12.0 Å². The molecule has 2 fully saturated rings. The minimum atomic E-state index is -4.00. The van der Waals surface area contributed by atoms with Crippen LogP contribution >= 0.6 is 0 Å². The fourth-order valence-electron chi connectivity index (χ4n) is 4.20.